The number of amides is 1. The van der Waals surface area contributed by atoms with Gasteiger partial charge >= 0.3 is 0 Å². The van der Waals surface area contributed by atoms with E-state index in [9.17, 15) is 4.79 Å². The van der Waals surface area contributed by atoms with Crippen molar-refractivity contribution in [2.45, 2.75) is 13.8 Å². The van der Waals surface area contributed by atoms with Gasteiger partial charge in [0.1, 0.15) is 5.69 Å². The Morgan fingerprint density at radius 1 is 1.09 bits per heavy atom. The Labute approximate surface area is 139 Å². The lowest BCUT2D eigenvalue weighted by atomic mass is 10.1. The third-order valence-corrected chi connectivity index (χ3v) is 3.85. The summed E-state index contributed by atoms with van der Waals surface area (Å²) in [4.78, 5) is 12.4. The zero-order valence-electron chi connectivity index (χ0n) is 12.9. The van der Waals surface area contributed by atoms with Crippen molar-refractivity contribution in [3.05, 3.63) is 70.4 Å². The number of anilines is 1. The second kappa shape index (κ2) is 6.26. The number of rotatable bonds is 3. The first-order valence-corrected chi connectivity index (χ1v) is 7.61. The van der Waals surface area contributed by atoms with Crippen molar-refractivity contribution in [3.8, 4) is 11.3 Å². The summed E-state index contributed by atoms with van der Waals surface area (Å²) in [5, 5.41) is 10.4. The highest BCUT2D eigenvalue weighted by molar-refractivity contribution is 6.31. The van der Waals surface area contributed by atoms with Crippen LogP contribution in [0.1, 0.15) is 21.6 Å². The maximum atomic E-state index is 12.4. The van der Waals surface area contributed by atoms with Gasteiger partial charge in [-0.15, -0.1) is 0 Å². The molecule has 23 heavy (non-hydrogen) atoms. The highest BCUT2D eigenvalue weighted by atomic mass is 35.5. The van der Waals surface area contributed by atoms with E-state index in [-0.39, 0.29) is 5.91 Å². The summed E-state index contributed by atoms with van der Waals surface area (Å²) >= 11 is 5.97. The van der Waals surface area contributed by atoms with E-state index in [0.717, 1.165) is 16.8 Å². The second-order valence-corrected chi connectivity index (χ2v) is 5.88. The summed E-state index contributed by atoms with van der Waals surface area (Å²) in [6.07, 6.45) is 0. The Balaban J connectivity index is 1.81. The SMILES string of the molecule is Cc1ccc(-c2cc(C(=O)Nc3cc(Cl)ccc3C)[nH]n2)cc1. The van der Waals surface area contributed by atoms with Crippen LogP contribution in [0, 0.1) is 13.8 Å². The number of aryl methyl sites for hydroxylation is 2. The summed E-state index contributed by atoms with van der Waals surface area (Å²) in [5.41, 5.74) is 4.91. The maximum absolute atomic E-state index is 12.4. The Kier molecular flexibility index (Phi) is 4.17. The Morgan fingerprint density at radius 3 is 2.57 bits per heavy atom. The van der Waals surface area contributed by atoms with Crippen molar-refractivity contribution in [3.63, 3.8) is 0 Å². The molecule has 0 spiro atoms. The first kappa shape index (κ1) is 15.3. The first-order valence-electron chi connectivity index (χ1n) is 7.23. The van der Waals surface area contributed by atoms with Crippen molar-refractivity contribution in [2.24, 2.45) is 0 Å². The number of hydrogen-bond acceptors (Lipinski definition) is 2. The standard InChI is InChI=1S/C18H16ClN3O/c1-11-3-6-13(7-4-11)16-10-17(22-21-16)18(23)20-15-9-14(19)8-5-12(15)2/h3-10H,1-2H3,(H,20,23)(H,21,22). The molecule has 0 radical (unpaired) electrons. The van der Waals surface area contributed by atoms with Crippen LogP contribution in [-0.4, -0.2) is 16.1 Å². The molecule has 0 aliphatic carbocycles. The fraction of sp³-hybridized carbons (Fsp3) is 0.111. The van der Waals surface area contributed by atoms with Gasteiger partial charge in [-0.25, -0.2) is 0 Å². The van der Waals surface area contributed by atoms with Gasteiger partial charge in [0.15, 0.2) is 0 Å². The number of halogens is 1. The van der Waals surface area contributed by atoms with Gasteiger partial charge in [-0.2, -0.15) is 5.10 Å². The van der Waals surface area contributed by atoms with Gasteiger partial charge < -0.3 is 5.32 Å². The number of hydrogen-bond donors (Lipinski definition) is 2. The van der Waals surface area contributed by atoms with Crippen LogP contribution in [0.3, 0.4) is 0 Å². The van der Waals surface area contributed by atoms with Gasteiger partial charge in [-0.3, -0.25) is 9.89 Å². The Bertz CT molecular complexity index is 853. The number of nitrogens with one attached hydrogen (secondary N) is 2. The quantitative estimate of drug-likeness (QED) is 0.739. The number of carbonyl (C=O) groups is 1. The Hall–Kier alpha value is -2.59. The van der Waals surface area contributed by atoms with E-state index in [1.807, 2.05) is 44.2 Å². The fourth-order valence-electron chi connectivity index (χ4n) is 2.23. The smallest absolute Gasteiger partial charge is 0.273 e. The largest absolute Gasteiger partial charge is 0.320 e. The van der Waals surface area contributed by atoms with Crippen molar-refractivity contribution in [2.75, 3.05) is 5.32 Å². The zero-order valence-corrected chi connectivity index (χ0v) is 13.6. The normalized spacial score (nSPS) is 10.6. The third-order valence-electron chi connectivity index (χ3n) is 3.62. The molecule has 1 aromatic heterocycles. The van der Waals surface area contributed by atoms with E-state index < -0.39 is 0 Å². The number of aromatic nitrogens is 2. The molecule has 4 nitrogen and oxygen atoms in total. The number of nitrogens with zero attached hydrogens (tertiary/aromatic N) is 1. The van der Waals surface area contributed by atoms with Crippen LogP contribution < -0.4 is 5.32 Å². The molecule has 2 aromatic carbocycles. The van der Waals surface area contributed by atoms with Crippen molar-refractivity contribution in [1.82, 2.24) is 10.2 Å². The van der Waals surface area contributed by atoms with Crippen molar-refractivity contribution >= 4 is 23.2 Å². The minimum absolute atomic E-state index is 0.249. The molecule has 0 aliphatic heterocycles. The molecule has 0 fully saturated rings. The molecule has 0 atom stereocenters. The van der Waals surface area contributed by atoms with Crippen molar-refractivity contribution < 1.29 is 4.79 Å². The molecule has 1 heterocycles. The monoisotopic (exact) mass is 325 g/mol. The highest BCUT2D eigenvalue weighted by Crippen LogP contribution is 2.22. The van der Waals surface area contributed by atoms with Crippen LogP contribution in [0.15, 0.2) is 48.5 Å². The molecule has 2 N–H and O–H groups in total. The maximum Gasteiger partial charge on any atom is 0.273 e. The molecular weight excluding hydrogens is 310 g/mol. The van der Waals surface area contributed by atoms with Gasteiger partial charge in [0.2, 0.25) is 0 Å². The number of benzene rings is 2. The lowest BCUT2D eigenvalue weighted by molar-refractivity contribution is 0.102. The van der Waals surface area contributed by atoms with Crippen LogP contribution >= 0.6 is 11.6 Å². The summed E-state index contributed by atoms with van der Waals surface area (Å²) in [7, 11) is 0. The summed E-state index contributed by atoms with van der Waals surface area (Å²) in [6, 6.07) is 15.1. The molecular formula is C18H16ClN3O. The molecule has 0 unspecified atom stereocenters. The van der Waals surface area contributed by atoms with Crippen LogP contribution in [0.4, 0.5) is 5.69 Å². The highest BCUT2D eigenvalue weighted by Gasteiger charge is 2.12. The number of aromatic amines is 1. The van der Waals surface area contributed by atoms with E-state index in [2.05, 4.69) is 15.5 Å². The van der Waals surface area contributed by atoms with Gasteiger partial charge in [-0.05, 0) is 37.6 Å². The fourth-order valence-corrected chi connectivity index (χ4v) is 2.40. The molecule has 3 rings (SSSR count). The molecule has 1 amide bonds. The zero-order chi connectivity index (χ0) is 16.4. The summed E-state index contributed by atoms with van der Waals surface area (Å²) in [5.74, 6) is -0.249. The van der Waals surface area contributed by atoms with E-state index in [0.29, 0.717) is 16.4 Å². The van der Waals surface area contributed by atoms with E-state index >= 15 is 0 Å². The summed E-state index contributed by atoms with van der Waals surface area (Å²) in [6.45, 7) is 3.94. The number of H-pyrrole nitrogens is 1. The lowest BCUT2D eigenvalue weighted by Crippen LogP contribution is -2.13. The van der Waals surface area contributed by atoms with Crippen LogP contribution in [0.5, 0.6) is 0 Å². The van der Waals surface area contributed by atoms with Gasteiger partial charge in [0, 0.05) is 16.3 Å². The molecule has 116 valence electrons. The molecule has 0 saturated carbocycles. The second-order valence-electron chi connectivity index (χ2n) is 5.45. The third kappa shape index (κ3) is 3.43. The predicted octanol–water partition coefficient (Wildman–Crippen LogP) is 4.60. The minimum atomic E-state index is -0.249. The molecule has 3 aromatic rings. The molecule has 5 heteroatoms. The lowest BCUT2D eigenvalue weighted by Gasteiger charge is -2.07. The summed E-state index contributed by atoms with van der Waals surface area (Å²) < 4.78 is 0. The van der Waals surface area contributed by atoms with E-state index in [1.165, 1.54) is 5.56 Å². The number of carbonyl (C=O) groups excluding carboxylic acids is 1. The minimum Gasteiger partial charge on any atom is -0.320 e. The molecule has 0 aliphatic rings. The van der Waals surface area contributed by atoms with Gasteiger partial charge in [-0.1, -0.05) is 47.5 Å². The van der Waals surface area contributed by atoms with Gasteiger partial charge in [0.25, 0.3) is 5.91 Å². The van der Waals surface area contributed by atoms with Crippen molar-refractivity contribution in [1.29, 1.82) is 0 Å². The van der Waals surface area contributed by atoms with E-state index in [1.54, 1.807) is 18.2 Å². The predicted molar refractivity (Wildman–Crippen MR) is 92.9 cm³/mol. The first-order chi connectivity index (χ1) is 11.0. The van der Waals surface area contributed by atoms with Crippen LogP contribution in [0.25, 0.3) is 11.3 Å². The molecule has 0 bridgehead atoms. The molecule has 0 saturated heterocycles. The van der Waals surface area contributed by atoms with Crippen LogP contribution in [-0.2, 0) is 0 Å². The Morgan fingerprint density at radius 2 is 1.83 bits per heavy atom. The van der Waals surface area contributed by atoms with E-state index in [4.69, 9.17) is 11.6 Å². The average Bonchev–Trinajstić information content (AvgIpc) is 3.02. The van der Waals surface area contributed by atoms with Crippen LogP contribution in [0.2, 0.25) is 5.02 Å². The average molecular weight is 326 g/mol. The topological polar surface area (TPSA) is 57.8 Å². The van der Waals surface area contributed by atoms with Gasteiger partial charge in [0.05, 0.1) is 5.69 Å².